The Balaban J connectivity index is 2.33. The van der Waals surface area contributed by atoms with Gasteiger partial charge in [-0.1, -0.05) is 6.07 Å². The summed E-state index contributed by atoms with van der Waals surface area (Å²) < 4.78 is 19.1. The van der Waals surface area contributed by atoms with Crippen molar-refractivity contribution in [2.24, 2.45) is 5.73 Å². The van der Waals surface area contributed by atoms with Crippen molar-refractivity contribution in [3.05, 3.63) is 53.1 Å². The van der Waals surface area contributed by atoms with Crippen LogP contribution in [0.25, 0.3) is 0 Å². The van der Waals surface area contributed by atoms with Gasteiger partial charge in [0, 0.05) is 36.1 Å². The van der Waals surface area contributed by atoms with E-state index in [-0.39, 0.29) is 5.82 Å². The number of ether oxygens (including phenoxy) is 1. The Hall–Kier alpha value is -1.94. The van der Waals surface area contributed by atoms with E-state index in [1.165, 1.54) is 6.07 Å². The summed E-state index contributed by atoms with van der Waals surface area (Å²) in [7, 11) is 0. The minimum Gasteiger partial charge on any atom is -0.457 e. The number of halogens is 1. The Morgan fingerprint density at radius 3 is 2.72 bits per heavy atom. The lowest BCUT2D eigenvalue weighted by Crippen LogP contribution is -2.01. The van der Waals surface area contributed by atoms with Gasteiger partial charge in [-0.25, -0.2) is 4.39 Å². The van der Waals surface area contributed by atoms with E-state index in [1.54, 1.807) is 31.3 Å². The average molecular weight is 246 g/mol. The minimum atomic E-state index is -0.285. The van der Waals surface area contributed by atoms with Gasteiger partial charge < -0.3 is 10.5 Å². The molecule has 1 heterocycles. The molecular weight excluding hydrogens is 231 g/mol. The molecule has 4 heteroatoms. The minimum absolute atomic E-state index is 0.285. The lowest BCUT2D eigenvalue weighted by Gasteiger charge is -2.11. The molecule has 0 fully saturated rings. The number of rotatable bonds is 3. The van der Waals surface area contributed by atoms with Crippen LogP contribution in [0.1, 0.15) is 16.8 Å². The van der Waals surface area contributed by atoms with Gasteiger partial charge in [0.15, 0.2) is 0 Å². The van der Waals surface area contributed by atoms with E-state index in [9.17, 15) is 4.39 Å². The summed E-state index contributed by atoms with van der Waals surface area (Å²) in [5.41, 5.74) is 7.83. The Bertz CT molecular complexity index is 570. The smallest absolute Gasteiger partial charge is 0.135 e. The monoisotopic (exact) mass is 246 g/mol. The van der Waals surface area contributed by atoms with Crippen LogP contribution in [0.2, 0.25) is 0 Å². The molecule has 1 aromatic carbocycles. The maximum absolute atomic E-state index is 13.4. The van der Waals surface area contributed by atoms with Crippen LogP contribution >= 0.6 is 0 Å². The van der Waals surface area contributed by atoms with E-state index in [0.29, 0.717) is 23.6 Å². The number of hydrogen-bond acceptors (Lipinski definition) is 3. The normalized spacial score (nSPS) is 10.4. The molecule has 3 nitrogen and oxygen atoms in total. The van der Waals surface area contributed by atoms with Gasteiger partial charge in [-0.05, 0) is 25.5 Å². The highest BCUT2D eigenvalue weighted by molar-refractivity contribution is 5.38. The second-order valence-corrected chi connectivity index (χ2v) is 4.15. The molecule has 0 spiro atoms. The van der Waals surface area contributed by atoms with Crippen LogP contribution in [0.4, 0.5) is 4.39 Å². The predicted octanol–water partition coefficient (Wildman–Crippen LogP) is 3.09. The van der Waals surface area contributed by atoms with E-state index in [1.807, 2.05) is 6.92 Å². The quantitative estimate of drug-likeness (QED) is 0.905. The van der Waals surface area contributed by atoms with Gasteiger partial charge in [0.05, 0.1) is 0 Å². The first-order valence-electron chi connectivity index (χ1n) is 5.69. The Morgan fingerprint density at radius 1 is 1.28 bits per heavy atom. The fourth-order valence-corrected chi connectivity index (χ4v) is 1.58. The molecule has 0 saturated carbocycles. The fourth-order valence-electron chi connectivity index (χ4n) is 1.58. The van der Waals surface area contributed by atoms with Crippen LogP contribution in [0, 0.1) is 19.7 Å². The second-order valence-electron chi connectivity index (χ2n) is 4.15. The predicted molar refractivity (Wildman–Crippen MR) is 68.1 cm³/mol. The molecule has 0 atom stereocenters. The average Bonchev–Trinajstić information content (AvgIpc) is 2.34. The highest BCUT2D eigenvalue weighted by Crippen LogP contribution is 2.26. The van der Waals surface area contributed by atoms with Gasteiger partial charge in [-0.3, -0.25) is 4.98 Å². The molecule has 2 rings (SSSR count). The number of aryl methyl sites for hydroxylation is 2. The van der Waals surface area contributed by atoms with Gasteiger partial charge in [-0.2, -0.15) is 0 Å². The molecule has 0 unspecified atom stereocenters. The lowest BCUT2D eigenvalue weighted by molar-refractivity contribution is 0.469. The summed E-state index contributed by atoms with van der Waals surface area (Å²) in [6, 6.07) is 6.57. The van der Waals surface area contributed by atoms with Crippen LogP contribution in [-0.4, -0.2) is 4.98 Å². The zero-order chi connectivity index (χ0) is 13.1. The molecular formula is C14H15FN2O. The van der Waals surface area contributed by atoms with Crippen molar-refractivity contribution in [1.82, 2.24) is 4.98 Å². The maximum atomic E-state index is 13.4. The Labute approximate surface area is 105 Å². The van der Waals surface area contributed by atoms with Gasteiger partial charge in [0.1, 0.15) is 17.3 Å². The largest absolute Gasteiger partial charge is 0.457 e. The third-order valence-electron chi connectivity index (χ3n) is 2.67. The summed E-state index contributed by atoms with van der Waals surface area (Å²) in [5, 5.41) is 0. The first-order valence-corrected chi connectivity index (χ1v) is 5.69. The molecule has 0 aliphatic carbocycles. The summed E-state index contributed by atoms with van der Waals surface area (Å²) in [5.74, 6) is 0.791. The molecule has 1 aromatic heterocycles. The number of aromatic nitrogens is 1. The van der Waals surface area contributed by atoms with Gasteiger partial charge in [-0.15, -0.1) is 0 Å². The van der Waals surface area contributed by atoms with Crippen molar-refractivity contribution < 1.29 is 9.13 Å². The summed E-state index contributed by atoms with van der Waals surface area (Å²) in [6.07, 6.45) is 1.68. The molecule has 0 aliphatic heterocycles. The van der Waals surface area contributed by atoms with Crippen molar-refractivity contribution >= 4 is 0 Å². The van der Waals surface area contributed by atoms with Crippen LogP contribution in [0.5, 0.6) is 11.5 Å². The molecule has 18 heavy (non-hydrogen) atoms. The van der Waals surface area contributed by atoms with Crippen molar-refractivity contribution in [3.63, 3.8) is 0 Å². The van der Waals surface area contributed by atoms with Crippen LogP contribution in [0.15, 0.2) is 30.5 Å². The third-order valence-corrected chi connectivity index (χ3v) is 2.67. The van der Waals surface area contributed by atoms with E-state index in [4.69, 9.17) is 10.5 Å². The molecule has 94 valence electrons. The number of pyridine rings is 1. The Morgan fingerprint density at radius 2 is 2.06 bits per heavy atom. The van der Waals surface area contributed by atoms with E-state index < -0.39 is 0 Å². The van der Waals surface area contributed by atoms with Crippen molar-refractivity contribution in [2.45, 2.75) is 20.4 Å². The summed E-state index contributed by atoms with van der Waals surface area (Å²) >= 11 is 0. The summed E-state index contributed by atoms with van der Waals surface area (Å²) in [4.78, 5) is 4.15. The van der Waals surface area contributed by atoms with E-state index in [0.717, 1.165) is 11.3 Å². The third kappa shape index (κ3) is 2.65. The number of nitrogens with two attached hydrogens (primary N) is 1. The van der Waals surface area contributed by atoms with Gasteiger partial charge in [0.25, 0.3) is 0 Å². The van der Waals surface area contributed by atoms with Crippen LogP contribution in [0.3, 0.4) is 0 Å². The zero-order valence-electron chi connectivity index (χ0n) is 10.4. The zero-order valence-corrected chi connectivity index (χ0v) is 10.4. The topological polar surface area (TPSA) is 48.1 Å². The molecule has 0 bridgehead atoms. The first kappa shape index (κ1) is 12.5. The first-order chi connectivity index (χ1) is 8.60. The lowest BCUT2D eigenvalue weighted by atomic mass is 10.2. The molecule has 2 aromatic rings. The van der Waals surface area contributed by atoms with Crippen molar-refractivity contribution in [1.29, 1.82) is 0 Å². The molecule has 0 radical (unpaired) electrons. The molecule has 0 amide bonds. The van der Waals surface area contributed by atoms with E-state index in [2.05, 4.69) is 4.98 Å². The highest BCUT2D eigenvalue weighted by atomic mass is 19.1. The second kappa shape index (κ2) is 5.14. The number of benzene rings is 1. The molecule has 0 saturated heterocycles. The molecule has 2 N–H and O–H groups in total. The number of hydrogen-bond donors (Lipinski definition) is 1. The Kier molecular flexibility index (Phi) is 3.58. The summed E-state index contributed by atoms with van der Waals surface area (Å²) in [6.45, 7) is 3.90. The standard InChI is InChI=1S/C14H15FN2O/c1-9-3-4-12(6-13(9)15)18-14-5-10(2)17-8-11(14)7-16/h3-6,8H,7,16H2,1-2H3. The van der Waals surface area contributed by atoms with Crippen LogP contribution < -0.4 is 10.5 Å². The van der Waals surface area contributed by atoms with Crippen LogP contribution in [-0.2, 0) is 6.54 Å². The van der Waals surface area contributed by atoms with Gasteiger partial charge in [0.2, 0.25) is 0 Å². The maximum Gasteiger partial charge on any atom is 0.135 e. The fraction of sp³-hybridized carbons (Fsp3) is 0.214. The SMILES string of the molecule is Cc1cc(Oc2ccc(C)c(F)c2)c(CN)cn1. The van der Waals surface area contributed by atoms with E-state index >= 15 is 0 Å². The van der Waals surface area contributed by atoms with Gasteiger partial charge >= 0.3 is 0 Å². The number of nitrogens with zero attached hydrogens (tertiary/aromatic N) is 1. The highest BCUT2D eigenvalue weighted by Gasteiger charge is 2.06. The van der Waals surface area contributed by atoms with Crippen molar-refractivity contribution in [2.75, 3.05) is 0 Å². The van der Waals surface area contributed by atoms with Crippen molar-refractivity contribution in [3.8, 4) is 11.5 Å². The molecule has 0 aliphatic rings.